The maximum atomic E-state index is 10.5. The number of nitrogens with zero attached hydrogens (tertiary/aromatic N) is 1. The molecule has 0 unspecified atom stereocenters. The van der Waals surface area contributed by atoms with Gasteiger partial charge in [0, 0.05) is 21.8 Å². The van der Waals surface area contributed by atoms with Crippen molar-refractivity contribution in [3.05, 3.63) is 78.9 Å². The molecule has 120 valence electrons. The predicted molar refractivity (Wildman–Crippen MR) is 97.4 cm³/mol. The Bertz CT molecular complexity index is 906. The molecule has 3 aromatic carbocycles. The molecule has 3 heteroatoms. The Kier molecular flexibility index (Phi) is 3.93. The van der Waals surface area contributed by atoms with Crippen LogP contribution in [0.5, 0.6) is 5.75 Å². The molecule has 0 spiro atoms. The van der Waals surface area contributed by atoms with Crippen molar-refractivity contribution in [2.45, 2.75) is 12.6 Å². The van der Waals surface area contributed by atoms with Crippen molar-refractivity contribution in [1.82, 2.24) is 4.57 Å². The fourth-order valence-electron chi connectivity index (χ4n) is 3.17. The third-order valence-corrected chi connectivity index (χ3v) is 4.26. The Morgan fingerprint density at radius 3 is 1.92 bits per heavy atom. The molecule has 4 aromatic rings. The van der Waals surface area contributed by atoms with Crippen molar-refractivity contribution in [2.75, 3.05) is 6.61 Å². The van der Waals surface area contributed by atoms with Crippen LogP contribution in [0.15, 0.2) is 78.9 Å². The third-order valence-electron chi connectivity index (χ3n) is 4.26. The average molecular weight is 317 g/mol. The van der Waals surface area contributed by atoms with Crippen LogP contribution in [0.25, 0.3) is 21.8 Å². The molecule has 0 aliphatic rings. The lowest BCUT2D eigenvalue weighted by molar-refractivity contribution is 0.0945. The van der Waals surface area contributed by atoms with Gasteiger partial charge in [-0.2, -0.15) is 0 Å². The first-order chi connectivity index (χ1) is 11.8. The molecule has 1 N–H and O–H groups in total. The molecule has 1 aromatic heterocycles. The zero-order valence-electron chi connectivity index (χ0n) is 13.3. The van der Waals surface area contributed by atoms with Gasteiger partial charge in [-0.25, -0.2) is 0 Å². The standard InChI is InChI=1S/C21H19NO2/c23-16(15-24-17-8-2-1-3-9-17)14-22-20-12-6-4-10-18(20)19-11-5-7-13-21(19)22/h1-13,16,23H,14-15H2/t16-/m0/s1. The summed E-state index contributed by atoms with van der Waals surface area (Å²) in [5.74, 6) is 0.777. The van der Waals surface area contributed by atoms with E-state index in [0.717, 1.165) is 16.8 Å². The Morgan fingerprint density at radius 2 is 1.29 bits per heavy atom. The van der Waals surface area contributed by atoms with Gasteiger partial charge in [0.1, 0.15) is 18.5 Å². The first kappa shape index (κ1) is 14.8. The molecule has 4 rings (SSSR count). The van der Waals surface area contributed by atoms with Gasteiger partial charge in [0.05, 0.1) is 6.54 Å². The summed E-state index contributed by atoms with van der Waals surface area (Å²) in [5.41, 5.74) is 2.27. The van der Waals surface area contributed by atoms with E-state index in [1.165, 1.54) is 10.8 Å². The lowest BCUT2D eigenvalue weighted by atomic mass is 10.2. The Labute approximate surface area is 140 Å². The summed E-state index contributed by atoms with van der Waals surface area (Å²) in [6.07, 6.45) is -0.579. The second-order valence-electron chi connectivity index (χ2n) is 5.92. The molecule has 0 radical (unpaired) electrons. The highest BCUT2D eigenvalue weighted by Gasteiger charge is 2.13. The van der Waals surface area contributed by atoms with E-state index >= 15 is 0 Å². The smallest absolute Gasteiger partial charge is 0.119 e. The summed E-state index contributed by atoms with van der Waals surface area (Å²) >= 11 is 0. The molecule has 0 fully saturated rings. The van der Waals surface area contributed by atoms with Crippen molar-refractivity contribution in [3.8, 4) is 5.75 Å². The summed E-state index contributed by atoms with van der Waals surface area (Å²) in [5, 5.41) is 12.9. The second kappa shape index (κ2) is 6.38. The summed E-state index contributed by atoms with van der Waals surface area (Å²) in [6, 6.07) is 26.2. The molecular formula is C21H19NO2. The first-order valence-corrected chi connectivity index (χ1v) is 8.15. The van der Waals surface area contributed by atoms with E-state index < -0.39 is 6.10 Å². The van der Waals surface area contributed by atoms with E-state index in [9.17, 15) is 5.11 Å². The number of aliphatic hydroxyl groups is 1. The van der Waals surface area contributed by atoms with Crippen LogP contribution in [0.1, 0.15) is 0 Å². The Hall–Kier alpha value is -2.78. The number of aliphatic hydroxyl groups excluding tert-OH is 1. The van der Waals surface area contributed by atoms with E-state index in [2.05, 4.69) is 28.8 Å². The van der Waals surface area contributed by atoms with E-state index in [0.29, 0.717) is 6.54 Å². The highest BCUT2D eigenvalue weighted by Crippen LogP contribution is 2.28. The van der Waals surface area contributed by atoms with E-state index in [-0.39, 0.29) is 6.61 Å². The molecule has 3 nitrogen and oxygen atoms in total. The van der Waals surface area contributed by atoms with Crippen molar-refractivity contribution in [2.24, 2.45) is 0 Å². The molecule has 24 heavy (non-hydrogen) atoms. The van der Waals surface area contributed by atoms with Crippen LogP contribution in [-0.2, 0) is 6.54 Å². The monoisotopic (exact) mass is 317 g/mol. The van der Waals surface area contributed by atoms with Crippen LogP contribution in [-0.4, -0.2) is 22.4 Å². The van der Waals surface area contributed by atoms with Crippen LogP contribution < -0.4 is 4.74 Å². The first-order valence-electron chi connectivity index (χ1n) is 8.15. The van der Waals surface area contributed by atoms with Crippen molar-refractivity contribution >= 4 is 21.8 Å². The summed E-state index contributed by atoms with van der Waals surface area (Å²) < 4.78 is 7.85. The largest absolute Gasteiger partial charge is 0.491 e. The number of ether oxygens (including phenoxy) is 1. The van der Waals surface area contributed by atoms with Gasteiger partial charge in [0.15, 0.2) is 0 Å². The molecule has 0 bridgehead atoms. The summed E-state index contributed by atoms with van der Waals surface area (Å²) in [7, 11) is 0. The van der Waals surface area contributed by atoms with Gasteiger partial charge in [-0.15, -0.1) is 0 Å². The molecule has 0 aliphatic carbocycles. The predicted octanol–water partition coefficient (Wildman–Crippen LogP) is 4.23. The van der Waals surface area contributed by atoms with E-state index in [1.807, 2.05) is 54.6 Å². The van der Waals surface area contributed by atoms with E-state index in [4.69, 9.17) is 4.74 Å². The van der Waals surface area contributed by atoms with Gasteiger partial charge in [-0.3, -0.25) is 0 Å². The third kappa shape index (κ3) is 2.74. The maximum absolute atomic E-state index is 10.5. The minimum Gasteiger partial charge on any atom is -0.491 e. The van der Waals surface area contributed by atoms with Gasteiger partial charge >= 0.3 is 0 Å². The van der Waals surface area contributed by atoms with Crippen LogP contribution in [0.2, 0.25) is 0 Å². The molecule has 0 amide bonds. The zero-order chi connectivity index (χ0) is 16.4. The fraction of sp³-hybridized carbons (Fsp3) is 0.143. The van der Waals surface area contributed by atoms with Crippen molar-refractivity contribution < 1.29 is 9.84 Å². The average Bonchev–Trinajstić information content (AvgIpc) is 2.95. The lowest BCUT2D eigenvalue weighted by Crippen LogP contribution is -2.23. The highest BCUT2D eigenvalue weighted by atomic mass is 16.5. The van der Waals surface area contributed by atoms with Gasteiger partial charge < -0.3 is 14.4 Å². The molecular weight excluding hydrogens is 298 g/mol. The molecule has 0 saturated carbocycles. The van der Waals surface area contributed by atoms with Crippen LogP contribution in [0.4, 0.5) is 0 Å². The molecule has 0 saturated heterocycles. The summed E-state index contributed by atoms with van der Waals surface area (Å²) in [4.78, 5) is 0. The lowest BCUT2D eigenvalue weighted by Gasteiger charge is -2.15. The normalized spacial score (nSPS) is 12.5. The van der Waals surface area contributed by atoms with Crippen molar-refractivity contribution in [1.29, 1.82) is 0 Å². The Morgan fingerprint density at radius 1 is 0.750 bits per heavy atom. The van der Waals surface area contributed by atoms with Crippen molar-refractivity contribution in [3.63, 3.8) is 0 Å². The van der Waals surface area contributed by atoms with Gasteiger partial charge in [-0.05, 0) is 24.3 Å². The van der Waals surface area contributed by atoms with Gasteiger partial charge in [-0.1, -0.05) is 54.6 Å². The number of hydrogen-bond acceptors (Lipinski definition) is 2. The van der Waals surface area contributed by atoms with Crippen LogP contribution >= 0.6 is 0 Å². The number of benzene rings is 3. The quantitative estimate of drug-likeness (QED) is 0.597. The number of rotatable bonds is 5. The van der Waals surface area contributed by atoms with Gasteiger partial charge in [0.25, 0.3) is 0 Å². The number of hydrogen-bond donors (Lipinski definition) is 1. The molecule has 1 heterocycles. The minimum atomic E-state index is -0.579. The Balaban J connectivity index is 1.61. The zero-order valence-corrected chi connectivity index (χ0v) is 13.3. The number of fused-ring (bicyclic) bond motifs is 3. The van der Waals surface area contributed by atoms with E-state index in [1.54, 1.807) is 0 Å². The second-order valence-corrected chi connectivity index (χ2v) is 5.92. The van der Waals surface area contributed by atoms with Gasteiger partial charge in [0.2, 0.25) is 0 Å². The number of aromatic nitrogens is 1. The summed E-state index contributed by atoms with van der Waals surface area (Å²) in [6.45, 7) is 0.770. The SMILES string of the molecule is O[C@H](COc1ccccc1)Cn1c2ccccc2c2ccccc21. The topological polar surface area (TPSA) is 34.4 Å². The van der Waals surface area contributed by atoms with Crippen LogP contribution in [0, 0.1) is 0 Å². The maximum Gasteiger partial charge on any atom is 0.119 e. The number of para-hydroxylation sites is 3. The van der Waals surface area contributed by atoms with Crippen LogP contribution in [0.3, 0.4) is 0 Å². The molecule has 1 atom stereocenters. The molecule has 0 aliphatic heterocycles. The highest BCUT2D eigenvalue weighted by molar-refractivity contribution is 6.07. The minimum absolute atomic E-state index is 0.269. The fourth-order valence-corrected chi connectivity index (χ4v) is 3.17.